The van der Waals surface area contributed by atoms with Crippen LogP contribution in [0.5, 0.6) is 0 Å². The maximum Gasteiger partial charge on any atom is 0.490 e. The number of carbonyl (C=O) groups excluding carboxylic acids is 2. The maximum absolute atomic E-state index is 13.6. The number of pyridine rings is 2. The molecule has 0 amide bonds. The van der Waals surface area contributed by atoms with Crippen molar-refractivity contribution in [3.8, 4) is 22.5 Å². The summed E-state index contributed by atoms with van der Waals surface area (Å²) in [6, 6.07) is 29.8. The molecule has 4 N–H and O–H groups in total. The zero-order chi connectivity index (χ0) is 44.9. The number of ketones is 2. The van der Waals surface area contributed by atoms with Gasteiger partial charge in [-0.15, -0.1) is 0 Å². The second-order valence-corrected chi connectivity index (χ2v) is 14.0. The summed E-state index contributed by atoms with van der Waals surface area (Å²) in [5.41, 5.74) is 5.50. The van der Waals surface area contributed by atoms with E-state index in [9.17, 15) is 45.5 Å². The molecule has 0 bridgehead atoms. The minimum absolute atomic E-state index is 0.0251. The molecule has 2 aliphatic rings. The Kier molecular flexibility index (Phi) is 13.2. The molecule has 0 unspecified atom stereocenters. The van der Waals surface area contributed by atoms with E-state index >= 15 is 0 Å². The van der Waals surface area contributed by atoms with E-state index in [-0.39, 0.29) is 22.7 Å². The second kappa shape index (κ2) is 18.4. The molecule has 0 spiro atoms. The number of hydrogen-bond donors (Lipinski definition) is 4. The van der Waals surface area contributed by atoms with Crippen LogP contribution >= 0.6 is 0 Å². The first-order valence-electron chi connectivity index (χ1n) is 19.1. The lowest BCUT2D eigenvalue weighted by atomic mass is 10.0. The summed E-state index contributed by atoms with van der Waals surface area (Å²) in [6.07, 6.45) is -8.70. The molecule has 2 aliphatic carbocycles. The number of alkyl halides is 6. The van der Waals surface area contributed by atoms with Crippen molar-refractivity contribution in [2.24, 2.45) is 0 Å². The van der Waals surface area contributed by atoms with Crippen molar-refractivity contribution >= 4 is 45.0 Å². The van der Waals surface area contributed by atoms with Crippen LogP contribution in [-0.2, 0) is 22.7 Å². The van der Waals surface area contributed by atoms with Gasteiger partial charge in [-0.05, 0) is 38.1 Å². The predicted octanol–water partition coefficient (Wildman–Crippen LogP) is 6.67. The average molecular weight is 863 g/mol. The number of carboxylic acids is 2. The average Bonchev–Trinajstić information content (AvgIpc) is 3.71. The van der Waals surface area contributed by atoms with Gasteiger partial charge in [-0.1, -0.05) is 84.9 Å². The number of rotatable bonds is 11. The molecule has 0 atom stereocenters. The van der Waals surface area contributed by atoms with Crippen LogP contribution in [0.4, 0.5) is 26.3 Å². The van der Waals surface area contributed by atoms with Crippen LogP contribution in [0.15, 0.2) is 107 Å². The maximum atomic E-state index is 13.6. The quantitative estimate of drug-likeness (QED) is 0.0812. The van der Waals surface area contributed by atoms with Gasteiger partial charge in [0.25, 0.3) is 11.1 Å². The van der Waals surface area contributed by atoms with Gasteiger partial charge in [-0.2, -0.15) is 26.3 Å². The number of carbonyl (C=O) groups is 4. The third-order valence-corrected chi connectivity index (χ3v) is 10.1. The number of aromatic nitrogens is 2. The number of fused-ring (bicyclic) bond motifs is 10. The van der Waals surface area contributed by atoms with Gasteiger partial charge in [-0.3, -0.25) is 19.2 Å². The molecule has 18 heteroatoms. The predicted molar refractivity (Wildman–Crippen MR) is 217 cm³/mol. The zero-order valence-corrected chi connectivity index (χ0v) is 32.4. The molecule has 4 aromatic carbocycles. The summed E-state index contributed by atoms with van der Waals surface area (Å²) in [7, 11) is 0. The summed E-state index contributed by atoms with van der Waals surface area (Å²) >= 11 is 0. The van der Waals surface area contributed by atoms with E-state index in [1.807, 2.05) is 84.9 Å². The first-order chi connectivity index (χ1) is 29.4. The Balaban J connectivity index is 0.000000397. The van der Waals surface area contributed by atoms with Crippen LogP contribution in [0.2, 0.25) is 0 Å². The molecular weight excluding hydrogens is 826 g/mol. The number of carboxylic acid groups (broad SMARTS) is 2. The van der Waals surface area contributed by atoms with E-state index < -0.39 is 24.3 Å². The van der Waals surface area contributed by atoms with Crippen LogP contribution in [-0.4, -0.2) is 81.4 Å². The van der Waals surface area contributed by atoms with Gasteiger partial charge < -0.3 is 30.0 Å². The van der Waals surface area contributed by atoms with Gasteiger partial charge in [0.2, 0.25) is 0 Å². The SMILES string of the molecule is O=C(O)C(F)(F)F.O=C(O)C(F)(F)F.O=C1c2ccccc2-c2c1c1ccccc1c(=O)n2CCCNCCNCCCn1c2c(c3ccccc3c1=O)C(=O)c1ccccc1-2. The van der Waals surface area contributed by atoms with Crippen molar-refractivity contribution in [3.63, 3.8) is 0 Å². The Morgan fingerprint density at radius 3 is 1.08 bits per heavy atom. The number of nitrogens with zero attached hydrogens (tertiary/aromatic N) is 2. The normalized spacial score (nSPS) is 12.5. The Morgan fingerprint density at radius 1 is 0.468 bits per heavy atom. The molecule has 2 aromatic heterocycles. The number of halogens is 6. The van der Waals surface area contributed by atoms with Crippen molar-refractivity contribution < 1.29 is 55.7 Å². The minimum Gasteiger partial charge on any atom is -0.475 e. The van der Waals surface area contributed by atoms with Gasteiger partial charge in [0.05, 0.1) is 22.5 Å². The number of hydrogen-bond acceptors (Lipinski definition) is 8. The monoisotopic (exact) mass is 862 g/mol. The highest BCUT2D eigenvalue weighted by molar-refractivity contribution is 6.27. The highest BCUT2D eigenvalue weighted by Crippen LogP contribution is 2.40. The van der Waals surface area contributed by atoms with Crippen molar-refractivity contribution in [1.29, 1.82) is 0 Å². The number of nitrogens with one attached hydrogen (secondary N) is 2. The summed E-state index contributed by atoms with van der Waals surface area (Å²) in [6.45, 7) is 3.95. The third-order valence-electron chi connectivity index (χ3n) is 10.1. The highest BCUT2D eigenvalue weighted by atomic mass is 19.4. The first kappa shape index (κ1) is 44.6. The van der Waals surface area contributed by atoms with Gasteiger partial charge in [0.15, 0.2) is 11.6 Å². The fourth-order valence-corrected chi connectivity index (χ4v) is 7.44. The lowest BCUT2D eigenvalue weighted by molar-refractivity contribution is -0.193. The number of benzene rings is 4. The largest absolute Gasteiger partial charge is 0.490 e. The van der Waals surface area contributed by atoms with E-state index in [2.05, 4.69) is 10.6 Å². The third kappa shape index (κ3) is 9.06. The van der Waals surface area contributed by atoms with Crippen molar-refractivity contribution in [3.05, 3.63) is 140 Å². The van der Waals surface area contributed by atoms with E-state index in [0.29, 0.717) is 56.9 Å². The van der Waals surface area contributed by atoms with Crippen molar-refractivity contribution in [1.82, 2.24) is 19.8 Å². The first-order valence-corrected chi connectivity index (χ1v) is 19.1. The summed E-state index contributed by atoms with van der Waals surface area (Å²) < 4.78 is 67.0. The smallest absolute Gasteiger partial charge is 0.475 e. The summed E-state index contributed by atoms with van der Waals surface area (Å²) in [5, 5.41) is 23.7. The summed E-state index contributed by atoms with van der Waals surface area (Å²) in [4.78, 5) is 71.7. The van der Waals surface area contributed by atoms with E-state index in [4.69, 9.17) is 19.8 Å². The lowest BCUT2D eigenvalue weighted by Gasteiger charge is -2.16. The number of aliphatic carboxylic acids is 2. The van der Waals surface area contributed by atoms with Crippen molar-refractivity contribution in [2.45, 2.75) is 38.3 Å². The van der Waals surface area contributed by atoms with Crippen LogP contribution < -0.4 is 21.8 Å². The highest BCUT2D eigenvalue weighted by Gasteiger charge is 2.39. The second-order valence-electron chi connectivity index (χ2n) is 14.0. The van der Waals surface area contributed by atoms with Gasteiger partial charge in [0.1, 0.15) is 0 Å². The van der Waals surface area contributed by atoms with Crippen LogP contribution in [0.3, 0.4) is 0 Å². The Labute approximate surface area is 347 Å². The lowest BCUT2D eigenvalue weighted by Crippen LogP contribution is -2.31. The molecule has 2 heterocycles. The standard InChI is InChI=1S/C40H34N4O4.2C2HF3O2/c45-37-29-15-5-3-13-27(29)35-33(37)25-11-1-7-17-31(25)39(47)43(35)23-9-19-41-21-22-42-20-10-24-44-36-28-14-4-6-16-30(28)38(46)34(36)26-12-2-8-18-32(26)40(44)48;2*3-2(4,5)1(6)7/h1-8,11-18,41-42H,9-10,19-24H2;2*(H,6,7). The molecule has 0 fully saturated rings. The fourth-order valence-electron chi connectivity index (χ4n) is 7.44. The summed E-state index contributed by atoms with van der Waals surface area (Å²) in [5.74, 6) is -5.56. The van der Waals surface area contributed by atoms with E-state index in [1.165, 1.54) is 0 Å². The molecule has 0 aliphatic heterocycles. The van der Waals surface area contributed by atoms with E-state index in [0.717, 1.165) is 61.5 Å². The van der Waals surface area contributed by atoms with Gasteiger partial charge in [0, 0.05) is 70.0 Å². The van der Waals surface area contributed by atoms with Crippen LogP contribution in [0.25, 0.3) is 44.1 Å². The van der Waals surface area contributed by atoms with E-state index in [1.54, 1.807) is 21.3 Å². The molecule has 62 heavy (non-hydrogen) atoms. The molecule has 322 valence electrons. The van der Waals surface area contributed by atoms with Crippen LogP contribution in [0, 0.1) is 0 Å². The molecular formula is C44H36F6N4O8. The molecule has 6 aromatic rings. The van der Waals surface area contributed by atoms with Crippen LogP contribution in [0.1, 0.15) is 44.7 Å². The zero-order valence-electron chi connectivity index (χ0n) is 32.4. The Bertz CT molecular complexity index is 2660. The Morgan fingerprint density at radius 2 is 0.758 bits per heavy atom. The topological polar surface area (TPSA) is 177 Å². The molecule has 0 saturated carbocycles. The van der Waals surface area contributed by atoms with Gasteiger partial charge >= 0.3 is 24.3 Å². The van der Waals surface area contributed by atoms with Gasteiger partial charge in [-0.25, -0.2) is 9.59 Å². The minimum atomic E-state index is -5.08. The molecule has 0 saturated heterocycles. The molecule has 8 rings (SSSR count). The fraction of sp³-hybridized carbons (Fsp3) is 0.227. The molecule has 12 nitrogen and oxygen atoms in total. The van der Waals surface area contributed by atoms with Crippen molar-refractivity contribution in [2.75, 3.05) is 26.2 Å². The Hall–Kier alpha value is -6.92. The molecule has 0 radical (unpaired) electrons.